The Morgan fingerprint density at radius 2 is 2.10 bits per heavy atom. The molecule has 1 saturated heterocycles. The van der Waals surface area contributed by atoms with Gasteiger partial charge in [0.2, 0.25) is 0 Å². The predicted octanol–water partition coefficient (Wildman–Crippen LogP) is 3.83. The maximum atomic E-state index is 13.5. The summed E-state index contributed by atoms with van der Waals surface area (Å²) in [4.78, 5) is 2.40. The minimum Gasteiger partial charge on any atom is -0.310 e. The molecule has 1 aromatic rings. The van der Waals surface area contributed by atoms with Crippen molar-refractivity contribution in [3.8, 4) is 0 Å². The third-order valence-corrected chi connectivity index (χ3v) is 4.88. The molecular weight excluding hydrogens is 275 g/mol. The summed E-state index contributed by atoms with van der Waals surface area (Å²) in [5.41, 5.74) is 1.06. The summed E-state index contributed by atoms with van der Waals surface area (Å²) in [6.07, 6.45) is 3.34. The van der Waals surface area contributed by atoms with E-state index in [2.05, 4.69) is 24.1 Å². The standard InChI is InChI=1S/C16H24ClFN2/c1-3-16(4-2)12-20(10-6-9-19-16)11-13-7-5-8-14(18)15(13)17/h5,7-8,19H,3-4,6,9-12H2,1-2H3. The topological polar surface area (TPSA) is 15.3 Å². The lowest BCUT2D eigenvalue weighted by atomic mass is 9.92. The Morgan fingerprint density at radius 3 is 2.80 bits per heavy atom. The molecule has 20 heavy (non-hydrogen) atoms. The molecule has 0 bridgehead atoms. The summed E-state index contributed by atoms with van der Waals surface area (Å²) in [6.45, 7) is 8.26. The molecule has 0 radical (unpaired) electrons. The van der Waals surface area contributed by atoms with Crippen LogP contribution in [-0.4, -0.2) is 30.1 Å². The average Bonchev–Trinajstić information content (AvgIpc) is 2.67. The van der Waals surface area contributed by atoms with Gasteiger partial charge in [-0.05, 0) is 44.0 Å². The fourth-order valence-corrected chi connectivity index (χ4v) is 3.17. The van der Waals surface area contributed by atoms with Gasteiger partial charge in [0.15, 0.2) is 0 Å². The fourth-order valence-electron chi connectivity index (χ4n) is 2.99. The van der Waals surface area contributed by atoms with E-state index in [1.165, 1.54) is 6.07 Å². The normalized spacial score (nSPS) is 19.8. The molecular formula is C16H24ClFN2. The second-order valence-electron chi connectivity index (χ2n) is 5.69. The number of nitrogens with one attached hydrogen (secondary N) is 1. The lowest BCUT2D eigenvalue weighted by Crippen LogP contribution is -2.50. The fraction of sp³-hybridized carbons (Fsp3) is 0.625. The zero-order valence-corrected chi connectivity index (χ0v) is 13.1. The monoisotopic (exact) mass is 298 g/mol. The van der Waals surface area contributed by atoms with Gasteiger partial charge in [-0.25, -0.2) is 4.39 Å². The summed E-state index contributed by atoms with van der Waals surface area (Å²) in [5.74, 6) is -0.325. The number of rotatable bonds is 4. The molecule has 112 valence electrons. The molecule has 4 heteroatoms. The quantitative estimate of drug-likeness (QED) is 0.909. The largest absolute Gasteiger partial charge is 0.310 e. The van der Waals surface area contributed by atoms with Gasteiger partial charge in [0.25, 0.3) is 0 Å². The molecule has 0 spiro atoms. The second kappa shape index (κ2) is 6.88. The molecule has 1 aliphatic rings. The molecule has 2 nitrogen and oxygen atoms in total. The Hall–Kier alpha value is -0.640. The van der Waals surface area contributed by atoms with Crippen LogP contribution in [0.3, 0.4) is 0 Å². The Labute approximate surface area is 126 Å². The first-order valence-electron chi connectivity index (χ1n) is 7.50. The summed E-state index contributed by atoms with van der Waals surface area (Å²) in [7, 11) is 0. The van der Waals surface area contributed by atoms with Gasteiger partial charge in [-0.3, -0.25) is 4.90 Å². The highest BCUT2D eigenvalue weighted by Crippen LogP contribution is 2.24. The van der Waals surface area contributed by atoms with Crippen LogP contribution in [0, 0.1) is 5.82 Å². The minimum atomic E-state index is -0.325. The van der Waals surface area contributed by atoms with E-state index in [0.29, 0.717) is 0 Å². The molecule has 1 N–H and O–H groups in total. The van der Waals surface area contributed by atoms with E-state index < -0.39 is 0 Å². The van der Waals surface area contributed by atoms with Crippen LogP contribution in [0.1, 0.15) is 38.7 Å². The van der Waals surface area contributed by atoms with Gasteiger partial charge in [0.05, 0.1) is 5.02 Å². The van der Waals surface area contributed by atoms with Gasteiger partial charge in [-0.15, -0.1) is 0 Å². The molecule has 0 amide bonds. The molecule has 2 rings (SSSR count). The van der Waals surface area contributed by atoms with Crippen molar-refractivity contribution in [2.45, 2.75) is 45.2 Å². The highest BCUT2D eigenvalue weighted by molar-refractivity contribution is 6.31. The molecule has 1 aromatic carbocycles. The summed E-state index contributed by atoms with van der Waals surface area (Å²) in [6, 6.07) is 5.07. The molecule has 0 aromatic heterocycles. The van der Waals surface area contributed by atoms with Crippen molar-refractivity contribution in [2.75, 3.05) is 19.6 Å². The first-order chi connectivity index (χ1) is 9.60. The zero-order valence-electron chi connectivity index (χ0n) is 12.4. The molecule has 0 unspecified atom stereocenters. The van der Waals surface area contributed by atoms with E-state index in [-0.39, 0.29) is 16.4 Å². The molecule has 0 aliphatic carbocycles. The number of hydrogen-bond donors (Lipinski definition) is 1. The summed E-state index contributed by atoms with van der Waals surface area (Å²) in [5, 5.41) is 3.95. The van der Waals surface area contributed by atoms with Gasteiger partial charge in [-0.2, -0.15) is 0 Å². The summed E-state index contributed by atoms with van der Waals surface area (Å²) < 4.78 is 13.5. The van der Waals surface area contributed by atoms with Crippen LogP contribution >= 0.6 is 11.6 Å². The van der Waals surface area contributed by atoms with Crippen LogP contribution in [0.25, 0.3) is 0 Å². The van der Waals surface area contributed by atoms with E-state index in [1.54, 1.807) is 6.07 Å². The molecule has 1 heterocycles. The smallest absolute Gasteiger partial charge is 0.142 e. The van der Waals surface area contributed by atoms with Gasteiger partial charge < -0.3 is 5.32 Å². The first-order valence-corrected chi connectivity index (χ1v) is 7.88. The van der Waals surface area contributed by atoms with Gasteiger partial charge in [0.1, 0.15) is 5.82 Å². The van der Waals surface area contributed by atoms with Crippen molar-refractivity contribution >= 4 is 11.6 Å². The Balaban J connectivity index is 2.13. The zero-order chi connectivity index (χ0) is 14.6. The van der Waals surface area contributed by atoms with Crippen molar-refractivity contribution in [3.63, 3.8) is 0 Å². The highest BCUT2D eigenvalue weighted by atomic mass is 35.5. The molecule has 0 saturated carbocycles. The third kappa shape index (κ3) is 3.51. The Bertz CT molecular complexity index is 446. The predicted molar refractivity (Wildman–Crippen MR) is 82.6 cm³/mol. The Morgan fingerprint density at radius 1 is 1.35 bits per heavy atom. The maximum absolute atomic E-state index is 13.5. The second-order valence-corrected chi connectivity index (χ2v) is 6.07. The van der Waals surface area contributed by atoms with Crippen molar-refractivity contribution < 1.29 is 4.39 Å². The number of halogens is 2. The van der Waals surface area contributed by atoms with Crippen LogP contribution in [-0.2, 0) is 6.54 Å². The van der Waals surface area contributed by atoms with E-state index in [4.69, 9.17) is 11.6 Å². The average molecular weight is 299 g/mol. The van der Waals surface area contributed by atoms with Crippen molar-refractivity contribution in [1.29, 1.82) is 0 Å². The number of hydrogen-bond acceptors (Lipinski definition) is 2. The lowest BCUT2D eigenvalue weighted by molar-refractivity contribution is 0.191. The molecule has 1 aliphatic heterocycles. The third-order valence-electron chi connectivity index (χ3n) is 4.46. The SMILES string of the molecule is CCC1(CC)CN(Cc2cccc(F)c2Cl)CCCN1. The van der Waals surface area contributed by atoms with Crippen molar-refractivity contribution in [1.82, 2.24) is 10.2 Å². The minimum absolute atomic E-state index is 0.177. The summed E-state index contributed by atoms with van der Waals surface area (Å²) >= 11 is 6.07. The van der Waals surface area contributed by atoms with Crippen molar-refractivity contribution in [2.24, 2.45) is 0 Å². The van der Waals surface area contributed by atoms with Crippen LogP contribution in [0.15, 0.2) is 18.2 Å². The van der Waals surface area contributed by atoms with Crippen LogP contribution in [0.2, 0.25) is 5.02 Å². The number of benzene rings is 1. The maximum Gasteiger partial charge on any atom is 0.142 e. The van der Waals surface area contributed by atoms with E-state index >= 15 is 0 Å². The van der Waals surface area contributed by atoms with Gasteiger partial charge in [0, 0.05) is 18.6 Å². The lowest BCUT2D eigenvalue weighted by Gasteiger charge is -2.35. The Kier molecular flexibility index (Phi) is 5.42. The number of nitrogens with zero attached hydrogens (tertiary/aromatic N) is 1. The van der Waals surface area contributed by atoms with Gasteiger partial charge >= 0.3 is 0 Å². The van der Waals surface area contributed by atoms with Crippen LogP contribution in [0.4, 0.5) is 4.39 Å². The van der Waals surface area contributed by atoms with Crippen LogP contribution in [0.5, 0.6) is 0 Å². The molecule has 1 fully saturated rings. The first kappa shape index (κ1) is 15.7. The molecule has 0 atom stereocenters. The van der Waals surface area contributed by atoms with E-state index in [9.17, 15) is 4.39 Å². The van der Waals surface area contributed by atoms with Gasteiger partial charge in [-0.1, -0.05) is 37.6 Å². The van der Waals surface area contributed by atoms with Crippen molar-refractivity contribution in [3.05, 3.63) is 34.6 Å². The van der Waals surface area contributed by atoms with Crippen LogP contribution < -0.4 is 5.32 Å². The highest BCUT2D eigenvalue weighted by Gasteiger charge is 2.30. The van der Waals surface area contributed by atoms with E-state index in [1.807, 2.05) is 6.07 Å². The van der Waals surface area contributed by atoms with E-state index in [0.717, 1.165) is 51.0 Å².